The van der Waals surface area contributed by atoms with Crippen LogP contribution in [-0.2, 0) is 5.41 Å². The average molecular weight is 378 g/mol. The van der Waals surface area contributed by atoms with Gasteiger partial charge in [0, 0.05) is 35.6 Å². The Morgan fingerprint density at radius 3 is 2.88 bits per heavy atom. The topological polar surface area (TPSA) is 29.0 Å². The van der Waals surface area contributed by atoms with Crippen molar-refractivity contribution < 1.29 is 4.39 Å². The highest BCUT2D eigenvalue weighted by Crippen LogP contribution is 2.69. The van der Waals surface area contributed by atoms with E-state index >= 15 is 0 Å². The zero-order valence-electron chi connectivity index (χ0n) is 12.6. The Hall–Kier alpha value is -1.13. The Balaban J connectivity index is 1.29. The predicted octanol–water partition coefficient (Wildman–Crippen LogP) is 3.29. The van der Waals surface area contributed by atoms with Crippen LogP contribution in [0.25, 0.3) is 0 Å². The van der Waals surface area contributed by atoms with Crippen molar-refractivity contribution in [2.24, 2.45) is 11.8 Å². The molecule has 1 saturated carbocycles. The molecule has 4 fully saturated rings. The molecule has 4 heterocycles. The fraction of sp³-hybridized carbons (Fsp3) is 0.412. The molecule has 0 spiro atoms. The zero-order valence-corrected chi connectivity index (χ0v) is 15.0. The first-order chi connectivity index (χ1) is 11.7. The molecule has 2 unspecified atom stereocenters. The van der Waals surface area contributed by atoms with E-state index in [-0.39, 0.29) is 5.82 Å². The molecule has 7 heteroatoms. The van der Waals surface area contributed by atoms with E-state index in [0.717, 1.165) is 23.4 Å². The lowest BCUT2D eigenvalue weighted by atomic mass is 10.0. The highest BCUT2D eigenvalue weighted by molar-refractivity contribution is 7.99. The van der Waals surface area contributed by atoms with Crippen molar-refractivity contribution in [1.29, 1.82) is 0 Å². The number of nitrogens with zero attached hydrogens (tertiary/aromatic N) is 3. The normalized spacial score (nSPS) is 31.8. The third-order valence-corrected chi connectivity index (χ3v) is 7.08. The summed E-state index contributed by atoms with van der Waals surface area (Å²) >= 11 is 8.78. The fourth-order valence-corrected chi connectivity index (χ4v) is 6.19. The number of benzene rings is 1. The fourth-order valence-electron chi connectivity index (χ4n) is 4.40. The maximum Gasteiger partial charge on any atom is 0.135 e. The number of hydrogen-bond acceptors (Lipinski definition) is 5. The molecule has 3 saturated heterocycles. The van der Waals surface area contributed by atoms with Crippen LogP contribution in [0.2, 0.25) is 5.02 Å². The van der Waals surface area contributed by atoms with Crippen molar-refractivity contribution in [1.82, 2.24) is 13.6 Å². The maximum absolute atomic E-state index is 13.3. The lowest BCUT2D eigenvalue weighted by Gasteiger charge is -2.08. The quantitative estimate of drug-likeness (QED) is 0.606. The summed E-state index contributed by atoms with van der Waals surface area (Å²) in [6.45, 7) is 3.60. The van der Waals surface area contributed by atoms with Crippen LogP contribution < -0.4 is 0 Å². The third kappa shape index (κ3) is 2.22. The number of aromatic nitrogens is 2. The molecule has 1 aromatic carbocycles. The first kappa shape index (κ1) is 15.2. The van der Waals surface area contributed by atoms with Crippen molar-refractivity contribution >= 4 is 35.1 Å². The molecule has 4 aliphatic rings. The molecule has 6 rings (SSSR count). The minimum atomic E-state index is -0.362. The van der Waals surface area contributed by atoms with Gasteiger partial charge in [0.15, 0.2) is 0 Å². The standard InChI is InChI=1S/C17H13ClFN3S2/c18-11-4-10(5-12(19)6-11)2-1-3-23-16-15(20-24-21-16)17-9-22-7-13(17)14(17)8-22/h4-6,13-14H,3,7-9H2/t13-,14+,17?. The van der Waals surface area contributed by atoms with Gasteiger partial charge in [-0.3, -0.25) is 0 Å². The van der Waals surface area contributed by atoms with E-state index in [9.17, 15) is 4.39 Å². The van der Waals surface area contributed by atoms with Crippen LogP contribution in [-0.4, -0.2) is 39.0 Å². The van der Waals surface area contributed by atoms with Crippen LogP contribution in [0.4, 0.5) is 4.39 Å². The molecule has 0 amide bonds. The molecule has 122 valence electrons. The summed E-state index contributed by atoms with van der Waals surface area (Å²) in [6.07, 6.45) is 0. The Bertz CT molecular complexity index is 855. The van der Waals surface area contributed by atoms with Gasteiger partial charge < -0.3 is 4.90 Å². The number of thioether (sulfide) groups is 1. The molecule has 0 radical (unpaired) electrons. The third-order valence-electron chi connectivity index (χ3n) is 5.37. The summed E-state index contributed by atoms with van der Waals surface area (Å²) < 4.78 is 22.4. The van der Waals surface area contributed by atoms with Gasteiger partial charge in [-0.05, 0) is 30.0 Å². The lowest BCUT2D eigenvalue weighted by molar-refractivity contribution is 0.405. The first-order valence-corrected chi connectivity index (χ1v) is 9.89. The van der Waals surface area contributed by atoms with E-state index in [1.807, 2.05) is 0 Å². The van der Waals surface area contributed by atoms with E-state index in [1.165, 1.54) is 42.6 Å². The van der Waals surface area contributed by atoms with Crippen molar-refractivity contribution in [2.45, 2.75) is 10.4 Å². The number of hydrogen-bond donors (Lipinski definition) is 0. The number of piperidine rings is 3. The first-order valence-electron chi connectivity index (χ1n) is 7.80. The Labute approximate surface area is 152 Å². The molecule has 4 atom stereocenters. The van der Waals surface area contributed by atoms with Crippen LogP contribution in [0.1, 0.15) is 11.3 Å². The van der Waals surface area contributed by atoms with E-state index in [4.69, 9.17) is 11.6 Å². The van der Waals surface area contributed by atoms with Gasteiger partial charge in [-0.25, -0.2) is 4.39 Å². The zero-order chi connectivity index (χ0) is 16.3. The second-order valence-corrected chi connectivity index (χ2v) is 8.54. The van der Waals surface area contributed by atoms with Gasteiger partial charge in [-0.2, -0.15) is 8.75 Å². The monoisotopic (exact) mass is 377 g/mol. The van der Waals surface area contributed by atoms with Gasteiger partial charge in [0.25, 0.3) is 0 Å². The van der Waals surface area contributed by atoms with Crippen LogP contribution in [0.5, 0.6) is 0 Å². The van der Waals surface area contributed by atoms with Crippen LogP contribution in [0, 0.1) is 29.5 Å². The highest BCUT2D eigenvalue weighted by Gasteiger charge is 2.76. The van der Waals surface area contributed by atoms with Crippen molar-refractivity contribution in [2.75, 3.05) is 25.4 Å². The molecule has 24 heavy (non-hydrogen) atoms. The molecular formula is C17H13ClFN3S2. The van der Waals surface area contributed by atoms with Crippen molar-refractivity contribution in [3.63, 3.8) is 0 Å². The van der Waals surface area contributed by atoms with Gasteiger partial charge in [-0.15, -0.1) is 0 Å². The molecule has 1 aromatic heterocycles. The summed E-state index contributed by atoms with van der Waals surface area (Å²) in [5, 5.41) is 1.40. The second-order valence-electron chi connectivity index (χ2n) is 6.61. The number of halogens is 2. The van der Waals surface area contributed by atoms with Gasteiger partial charge >= 0.3 is 0 Å². The Morgan fingerprint density at radius 2 is 2.17 bits per heavy atom. The molecule has 3 aliphatic heterocycles. The molecular weight excluding hydrogens is 365 g/mol. The number of rotatable bonds is 3. The summed E-state index contributed by atoms with van der Waals surface area (Å²) in [5.74, 6) is 7.88. The smallest absolute Gasteiger partial charge is 0.135 e. The molecule has 2 aromatic rings. The van der Waals surface area contributed by atoms with Gasteiger partial charge in [-0.1, -0.05) is 35.2 Å². The molecule has 0 N–H and O–H groups in total. The Kier molecular flexibility index (Phi) is 3.43. The van der Waals surface area contributed by atoms with Crippen LogP contribution in [0.3, 0.4) is 0 Å². The summed E-state index contributed by atoms with van der Waals surface area (Å²) in [6, 6.07) is 4.35. The summed E-state index contributed by atoms with van der Waals surface area (Å²) in [5.41, 5.74) is 2.09. The highest BCUT2D eigenvalue weighted by atomic mass is 35.5. The lowest BCUT2D eigenvalue weighted by Crippen LogP contribution is -2.16. The average Bonchev–Trinajstić information content (AvgIpc) is 3.12. The maximum atomic E-state index is 13.3. The van der Waals surface area contributed by atoms with E-state index in [0.29, 0.717) is 21.8 Å². The SMILES string of the molecule is Fc1cc(Cl)cc(C#CCSc2nsnc2C23CN4C[C@@H]2[C@@H]3C4)c1. The van der Waals surface area contributed by atoms with Gasteiger partial charge in [0.05, 0.1) is 23.2 Å². The van der Waals surface area contributed by atoms with Crippen molar-refractivity contribution in [3.05, 3.63) is 40.3 Å². The molecule has 1 aliphatic carbocycles. The summed E-state index contributed by atoms with van der Waals surface area (Å²) in [4.78, 5) is 2.54. The largest absolute Gasteiger partial charge is 0.302 e. The summed E-state index contributed by atoms with van der Waals surface area (Å²) in [7, 11) is 0. The van der Waals surface area contributed by atoms with E-state index in [1.54, 1.807) is 17.8 Å². The van der Waals surface area contributed by atoms with Crippen molar-refractivity contribution in [3.8, 4) is 11.8 Å². The molecule has 4 bridgehead atoms. The van der Waals surface area contributed by atoms with Crippen LogP contribution in [0.15, 0.2) is 23.2 Å². The minimum absolute atomic E-state index is 0.291. The van der Waals surface area contributed by atoms with E-state index < -0.39 is 0 Å². The molecule has 3 nitrogen and oxygen atoms in total. The minimum Gasteiger partial charge on any atom is -0.302 e. The Morgan fingerprint density at radius 1 is 1.33 bits per heavy atom. The second kappa shape index (κ2) is 5.43. The predicted molar refractivity (Wildman–Crippen MR) is 94.0 cm³/mol. The van der Waals surface area contributed by atoms with E-state index in [2.05, 4.69) is 25.5 Å². The van der Waals surface area contributed by atoms with Gasteiger partial charge in [0.2, 0.25) is 0 Å². The van der Waals surface area contributed by atoms with Crippen LogP contribution >= 0.6 is 35.1 Å². The van der Waals surface area contributed by atoms with Gasteiger partial charge in [0.1, 0.15) is 10.8 Å².